The minimum Gasteiger partial charge on any atom is -0.493 e. The molecule has 3 aromatic heterocycles. The number of pyridine rings is 2. The van der Waals surface area contributed by atoms with Crippen LogP contribution in [0.5, 0.6) is 11.5 Å². The predicted molar refractivity (Wildman–Crippen MR) is 173 cm³/mol. The van der Waals surface area contributed by atoms with Gasteiger partial charge in [0.25, 0.3) is 0 Å². The third-order valence-corrected chi connectivity index (χ3v) is 8.69. The molecule has 2 fully saturated rings. The monoisotopic (exact) mass is 626 g/mol. The lowest BCUT2D eigenvalue weighted by Gasteiger charge is -2.39. The van der Waals surface area contributed by atoms with Gasteiger partial charge < -0.3 is 24.4 Å². The molecular weight excluding hydrogens is 588 g/mol. The molecule has 4 aromatic rings. The molecule has 1 saturated heterocycles. The first-order chi connectivity index (χ1) is 22.0. The molecule has 1 saturated carbocycles. The normalized spacial score (nSPS) is 16.6. The molecule has 1 amide bonds. The number of nitrogens with zero attached hydrogens (tertiary/aromatic N) is 6. The summed E-state index contributed by atoms with van der Waals surface area (Å²) in [6.45, 7) is 10.2. The summed E-state index contributed by atoms with van der Waals surface area (Å²) in [6, 6.07) is 9.07. The standard InChI is InChI=1S/C34H38N6O6/c1-18(2)27-29(19(3)12-13-35-27)40-32-25(31(37-33(40)42)39-15-14-38(34(43)44)17-20(39)4)16-24(22-10-11-22)28(36-32)23-8-7-9-26(45-6)30(23)46-21(5)41/h7-9,12-13,16,18,20,22H,10-11,14-15,17H2,1-6H3,(H,43,44)/t20-/m0/s1. The van der Waals surface area contributed by atoms with Gasteiger partial charge in [-0.1, -0.05) is 19.9 Å². The van der Waals surface area contributed by atoms with Crippen LogP contribution in [0.4, 0.5) is 10.6 Å². The quantitative estimate of drug-likeness (QED) is 0.213. The van der Waals surface area contributed by atoms with Crippen molar-refractivity contribution in [3.8, 4) is 28.4 Å². The lowest BCUT2D eigenvalue weighted by Crippen LogP contribution is -2.54. The molecule has 0 unspecified atom stereocenters. The maximum atomic E-state index is 14.3. The Morgan fingerprint density at radius 2 is 1.87 bits per heavy atom. The second-order valence-electron chi connectivity index (χ2n) is 12.3. The number of aryl methyl sites for hydroxylation is 1. The number of benzene rings is 1. The van der Waals surface area contributed by atoms with Crippen molar-refractivity contribution >= 4 is 28.9 Å². The van der Waals surface area contributed by atoms with Crippen LogP contribution in [0.3, 0.4) is 0 Å². The van der Waals surface area contributed by atoms with Crippen LogP contribution in [-0.2, 0) is 4.79 Å². The Hall–Kier alpha value is -5.00. The van der Waals surface area contributed by atoms with E-state index in [1.807, 2.05) is 50.8 Å². The Morgan fingerprint density at radius 3 is 2.50 bits per heavy atom. The predicted octanol–water partition coefficient (Wildman–Crippen LogP) is 5.27. The second-order valence-corrected chi connectivity index (χ2v) is 12.3. The van der Waals surface area contributed by atoms with E-state index in [9.17, 15) is 19.5 Å². The van der Waals surface area contributed by atoms with Crippen molar-refractivity contribution in [3.05, 3.63) is 63.8 Å². The van der Waals surface area contributed by atoms with Crippen LogP contribution in [0.15, 0.2) is 41.3 Å². The molecule has 240 valence electrons. The van der Waals surface area contributed by atoms with Gasteiger partial charge in [-0.3, -0.25) is 9.78 Å². The van der Waals surface area contributed by atoms with Crippen molar-refractivity contribution in [1.82, 2.24) is 24.4 Å². The highest BCUT2D eigenvalue weighted by molar-refractivity contribution is 5.93. The molecule has 12 nitrogen and oxygen atoms in total. The average molecular weight is 627 g/mol. The van der Waals surface area contributed by atoms with Crippen molar-refractivity contribution in [3.63, 3.8) is 0 Å². The number of methoxy groups -OCH3 is 1. The zero-order chi connectivity index (χ0) is 32.9. The number of hydrogen-bond donors (Lipinski definition) is 1. The number of ether oxygens (including phenoxy) is 2. The van der Waals surface area contributed by atoms with E-state index in [1.54, 1.807) is 16.8 Å². The summed E-state index contributed by atoms with van der Waals surface area (Å²) in [5.74, 6) is 0.829. The van der Waals surface area contributed by atoms with Crippen LogP contribution in [0.25, 0.3) is 28.0 Å². The fourth-order valence-electron chi connectivity index (χ4n) is 6.33. The number of para-hydroxylation sites is 1. The van der Waals surface area contributed by atoms with Crippen LogP contribution in [-0.4, -0.2) is 74.4 Å². The molecule has 0 spiro atoms. The van der Waals surface area contributed by atoms with Gasteiger partial charge in [0.05, 0.1) is 29.6 Å². The summed E-state index contributed by atoms with van der Waals surface area (Å²) in [5, 5.41) is 10.3. The molecule has 6 rings (SSSR count). The van der Waals surface area contributed by atoms with Crippen LogP contribution in [0.1, 0.15) is 69.2 Å². The van der Waals surface area contributed by atoms with Gasteiger partial charge in [0, 0.05) is 44.4 Å². The Bertz CT molecular complexity index is 1920. The second kappa shape index (κ2) is 12.1. The topological polar surface area (TPSA) is 140 Å². The van der Waals surface area contributed by atoms with E-state index in [0.29, 0.717) is 46.1 Å². The average Bonchev–Trinajstić information content (AvgIpc) is 3.86. The van der Waals surface area contributed by atoms with E-state index >= 15 is 0 Å². The lowest BCUT2D eigenvalue weighted by molar-refractivity contribution is -0.131. The van der Waals surface area contributed by atoms with E-state index in [2.05, 4.69) is 16.0 Å². The van der Waals surface area contributed by atoms with Gasteiger partial charge in [-0.2, -0.15) is 4.98 Å². The molecule has 1 aliphatic carbocycles. The molecule has 1 N–H and O–H groups in total. The largest absolute Gasteiger partial charge is 0.493 e. The van der Waals surface area contributed by atoms with Crippen LogP contribution >= 0.6 is 0 Å². The zero-order valence-electron chi connectivity index (χ0n) is 26.9. The summed E-state index contributed by atoms with van der Waals surface area (Å²) in [5.41, 5.74) is 4.19. The van der Waals surface area contributed by atoms with E-state index in [1.165, 1.54) is 18.9 Å². The maximum Gasteiger partial charge on any atom is 0.407 e. The highest BCUT2D eigenvalue weighted by Crippen LogP contribution is 2.48. The first kappa shape index (κ1) is 31.0. The molecule has 2 aliphatic rings. The van der Waals surface area contributed by atoms with Gasteiger partial charge in [0.2, 0.25) is 0 Å². The SMILES string of the molecule is COc1cccc(-c2nc3c(cc2C2CC2)c(N2CCN(C(=O)O)C[C@@H]2C)nc(=O)n3-c2c(C)ccnc2C(C)C)c1OC(C)=O. The third kappa shape index (κ3) is 5.52. The molecule has 0 bridgehead atoms. The molecule has 0 radical (unpaired) electrons. The fourth-order valence-corrected chi connectivity index (χ4v) is 6.33. The molecule has 1 aliphatic heterocycles. The number of rotatable bonds is 7. The number of carbonyl (C=O) groups is 2. The van der Waals surface area contributed by atoms with Crippen molar-refractivity contribution in [2.45, 2.75) is 65.3 Å². The zero-order valence-corrected chi connectivity index (χ0v) is 26.9. The smallest absolute Gasteiger partial charge is 0.407 e. The highest BCUT2D eigenvalue weighted by Gasteiger charge is 2.34. The van der Waals surface area contributed by atoms with Gasteiger partial charge in [-0.15, -0.1) is 0 Å². The van der Waals surface area contributed by atoms with Crippen molar-refractivity contribution in [2.24, 2.45) is 0 Å². The van der Waals surface area contributed by atoms with Gasteiger partial charge in [0.1, 0.15) is 5.82 Å². The van der Waals surface area contributed by atoms with Crippen molar-refractivity contribution < 1.29 is 24.2 Å². The summed E-state index contributed by atoms with van der Waals surface area (Å²) >= 11 is 0. The van der Waals surface area contributed by atoms with Crippen molar-refractivity contribution in [1.29, 1.82) is 0 Å². The minimum absolute atomic E-state index is 0.000179. The number of hydrogen-bond acceptors (Lipinski definition) is 9. The maximum absolute atomic E-state index is 14.3. The van der Waals surface area contributed by atoms with Gasteiger partial charge in [-0.25, -0.2) is 19.1 Å². The highest BCUT2D eigenvalue weighted by atomic mass is 16.6. The number of esters is 1. The van der Waals surface area contributed by atoms with Gasteiger partial charge >= 0.3 is 17.8 Å². The third-order valence-electron chi connectivity index (χ3n) is 8.69. The number of aromatic nitrogens is 4. The summed E-state index contributed by atoms with van der Waals surface area (Å²) in [6.07, 6.45) is 2.68. The van der Waals surface area contributed by atoms with E-state index in [0.717, 1.165) is 29.7 Å². The summed E-state index contributed by atoms with van der Waals surface area (Å²) < 4.78 is 12.8. The van der Waals surface area contributed by atoms with Gasteiger partial charge in [0.15, 0.2) is 17.1 Å². The molecule has 4 heterocycles. The number of piperazine rings is 1. The number of fused-ring (bicyclic) bond motifs is 1. The fraction of sp³-hybridized carbons (Fsp3) is 0.412. The first-order valence-electron chi connectivity index (χ1n) is 15.5. The van der Waals surface area contributed by atoms with E-state index < -0.39 is 17.8 Å². The Morgan fingerprint density at radius 1 is 1.11 bits per heavy atom. The number of anilines is 1. The summed E-state index contributed by atoms with van der Waals surface area (Å²) in [4.78, 5) is 56.2. The molecular formula is C34H38N6O6. The number of carbonyl (C=O) groups excluding carboxylic acids is 1. The lowest BCUT2D eigenvalue weighted by atomic mass is 9.99. The number of carboxylic acid groups (broad SMARTS) is 1. The Labute approximate surface area is 266 Å². The van der Waals surface area contributed by atoms with Crippen LogP contribution < -0.4 is 20.1 Å². The summed E-state index contributed by atoms with van der Waals surface area (Å²) in [7, 11) is 1.52. The first-order valence-corrected chi connectivity index (χ1v) is 15.5. The van der Waals surface area contributed by atoms with E-state index in [4.69, 9.17) is 14.5 Å². The minimum atomic E-state index is -0.975. The molecule has 1 atom stereocenters. The number of amides is 1. The molecule has 46 heavy (non-hydrogen) atoms. The molecule has 12 heteroatoms. The Balaban J connectivity index is 1.70. The van der Waals surface area contributed by atoms with E-state index in [-0.39, 0.29) is 36.7 Å². The van der Waals surface area contributed by atoms with Gasteiger partial charge in [-0.05, 0) is 73.9 Å². The van der Waals surface area contributed by atoms with Crippen molar-refractivity contribution in [2.75, 3.05) is 31.6 Å². The van der Waals surface area contributed by atoms with Crippen LogP contribution in [0.2, 0.25) is 0 Å². The van der Waals surface area contributed by atoms with Crippen LogP contribution in [0, 0.1) is 6.92 Å². The Kier molecular flexibility index (Phi) is 8.13. The molecule has 1 aromatic carbocycles.